The zero-order valence-corrected chi connectivity index (χ0v) is 9.74. The van der Waals surface area contributed by atoms with Crippen LogP contribution in [-0.2, 0) is 0 Å². The number of rotatable bonds is 2. The molecule has 0 radical (unpaired) electrons. The normalized spacial score (nSPS) is 11.1. The molecule has 1 amide bonds. The second-order valence-corrected chi connectivity index (χ2v) is 3.90. The number of hydrogen-bond donors (Lipinski definition) is 1. The molecule has 0 aliphatic rings. The first-order chi connectivity index (χ1) is 8.96. The number of carbonyl (C=O) groups is 1. The van der Waals surface area contributed by atoms with Crippen LogP contribution in [-0.4, -0.2) is 12.2 Å². The van der Waals surface area contributed by atoms with E-state index in [0.29, 0.717) is 0 Å². The fourth-order valence-electron chi connectivity index (χ4n) is 1.65. The second kappa shape index (κ2) is 5.14. The van der Waals surface area contributed by atoms with Crippen LogP contribution in [0.25, 0.3) is 11.1 Å². The lowest BCUT2D eigenvalue weighted by molar-refractivity contribution is -0.146. The Labute approximate surface area is 107 Å². The molecule has 0 unspecified atom stereocenters. The molecule has 2 aromatic carbocycles. The lowest BCUT2D eigenvalue weighted by Gasteiger charge is -2.08. The molecule has 5 heteroatoms. The van der Waals surface area contributed by atoms with Gasteiger partial charge in [0.25, 0.3) is 5.91 Å². The Bertz CT molecular complexity index is 561. The van der Waals surface area contributed by atoms with E-state index >= 15 is 0 Å². The number of benzene rings is 2. The highest BCUT2D eigenvalue weighted by Crippen LogP contribution is 2.19. The Morgan fingerprint density at radius 2 is 1.37 bits per heavy atom. The molecule has 2 aromatic rings. The Balaban J connectivity index is 2.17. The van der Waals surface area contributed by atoms with Crippen LogP contribution in [0, 0.1) is 0 Å². The van der Waals surface area contributed by atoms with Gasteiger partial charge in [0.05, 0.1) is 0 Å². The van der Waals surface area contributed by atoms with Gasteiger partial charge in [-0.3, -0.25) is 10.1 Å². The van der Waals surface area contributed by atoms with Gasteiger partial charge in [0.15, 0.2) is 0 Å². The molecule has 0 atom stereocenters. The van der Waals surface area contributed by atoms with Crippen molar-refractivity contribution in [3.63, 3.8) is 0 Å². The van der Waals surface area contributed by atoms with Gasteiger partial charge < -0.3 is 0 Å². The third kappa shape index (κ3) is 3.58. The van der Waals surface area contributed by atoms with Crippen LogP contribution < -0.4 is 5.32 Å². The third-order valence-electron chi connectivity index (χ3n) is 2.51. The molecule has 0 spiro atoms. The van der Waals surface area contributed by atoms with Crippen LogP contribution in [0.5, 0.6) is 0 Å². The summed E-state index contributed by atoms with van der Waals surface area (Å²) in [4.78, 5) is 11.3. The van der Waals surface area contributed by atoms with Crippen LogP contribution >= 0.6 is 0 Å². The molecule has 0 saturated carbocycles. The van der Waals surface area contributed by atoms with Crippen molar-refractivity contribution in [2.45, 2.75) is 6.30 Å². The van der Waals surface area contributed by atoms with Gasteiger partial charge in [-0.2, -0.15) is 13.2 Å². The first-order valence-electron chi connectivity index (χ1n) is 5.50. The summed E-state index contributed by atoms with van der Waals surface area (Å²) in [6, 6.07) is 15.3. The molecule has 0 fully saturated rings. The van der Waals surface area contributed by atoms with Crippen molar-refractivity contribution >= 4 is 5.91 Å². The quantitative estimate of drug-likeness (QED) is 0.826. The standard InChI is InChI=1S/C14H10F3NO/c15-14(16,17)18-13(19)12-8-6-11(7-9-12)10-4-2-1-3-5-10/h1-9H,(H,18,19). The predicted molar refractivity (Wildman–Crippen MR) is 65.4 cm³/mol. The fraction of sp³-hybridized carbons (Fsp3) is 0.0714. The zero-order chi connectivity index (χ0) is 13.9. The Hall–Kier alpha value is -2.30. The van der Waals surface area contributed by atoms with Crippen LogP contribution in [0.3, 0.4) is 0 Å². The predicted octanol–water partition coefficient (Wildman–Crippen LogP) is 3.60. The number of carbonyl (C=O) groups excluding carboxylic acids is 1. The zero-order valence-electron chi connectivity index (χ0n) is 9.74. The molecule has 2 rings (SSSR count). The van der Waals surface area contributed by atoms with Gasteiger partial charge in [0.1, 0.15) is 0 Å². The van der Waals surface area contributed by atoms with Crippen molar-refractivity contribution in [3.8, 4) is 11.1 Å². The van der Waals surface area contributed by atoms with E-state index in [4.69, 9.17) is 0 Å². The Morgan fingerprint density at radius 1 is 0.842 bits per heavy atom. The van der Waals surface area contributed by atoms with Crippen molar-refractivity contribution in [2.24, 2.45) is 0 Å². The van der Waals surface area contributed by atoms with Gasteiger partial charge in [0, 0.05) is 5.56 Å². The third-order valence-corrected chi connectivity index (χ3v) is 2.51. The number of nitrogens with one attached hydrogen (secondary N) is 1. The molecular weight excluding hydrogens is 255 g/mol. The molecular formula is C14H10F3NO. The van der Waals surface area contributed by atoms with E-state index in [9.17, 15) is 18.0 Å². The van der Waals surface area contributed by atoms with E-state index in [-0.39, 0.29) is 5.56 Å². The monoisotopic (exact) mass is 265 g/mol. The van der Waals surface area contributed by atoms with Crippen molar-refractivity contribution in [2.75, 3.05) is 0 Å². The van der Waals surface area contributed by atoms with Gasteiger partial charge in [-0.05, 0) is 23.3 Å². The van der Waals surface area contributed by atoms with Crippen LogP contribution in [0.2, 0.25) is 0 Å². The number of amides is 1. The smallest absolute Gasteiger partial charge is 0.269 e. The number of hydrogen-bond acceptors (Lipinski definition) is 1. The number of halogens is 3. The summed E-state index contributed by atoms with van der Waals surface area (Å²) in [7, 11) is 0. The minimum atomic E-state index is -4.71. The fourth-order valence-corrected chi connectivity index (χ4v) is 1.65. The van der Waals surface area contributed by atoms with Crippen molar-refractivity contribution in [1.29, 1.82) is 0 Å². The molecule has 98 valence electrons. The second-order valence-electron chi connectivity index (χ2n) is 3.90. The minimum Gasteiger partial charge on any atom is -0.269 e. The average Bonchev–Trinajstić information content (AvgIpc) is 2.38. The van der Waals surface area contributed by atoms with Crippen molar-refractivity contribution in [3.05, 3.63) is 60.2 Å². The highest BCUT2D eigenvalue weighted by Gasteiger charge is 2.30. The van der Waals surface area contributed by atoms with Crippen LogP contribution in [0.4, 0.5) is 13.2 Å². The van der Waals surface area contributed by atoms with Gasteiger partial charge in [-0.1, -0.05) is 42.5 Å². The largest absolute Gasteiger partial charge is 0.484 e. The summed E-state index contributed by atoms with van der Waals surface area (Å²) in [6.07, 6.45) is -4.71. The molecule has 0 aliphatic heterocycles. The summed E-state index contributed by atoms with van der Waals surface area (Å²) in [6.45, 7) is 0. The summed E-state index contributed by atoms with van der Waals surface area (Å²) >= 11 is 0. The average molecular weight is 265 g/mol. The van der Waals surface area contributed by atoms with Gasteiger partial charge in [0.2, 0.25) is 0 Å². The molecule has 0 heterocycles. The summed E-state index contributed by atoms with van der Waals surface area (Å²) in [5, 5.41) is 0.956. The lowest BCUT2D eigenvalue weighted by Crippen LogP contribution is -2.37. The summed E-state index contributed by atoms with van der Waals surface area (Å²) < 4.78 is 36.0. The van der Waals surface area contributed by atoms with Crippen molar-refractivity contribution in [1.82, 2.24) is 5.32 Å². The molecule has 0 aliphatic carbocycles. The topological polar surface area (TPSA) is 29.1 Å². The van der Waals surface area contributed by atoms with Gasteiger partial charge in [-0.25, -0.2) is 0 Å². The van der Waals surface area contributed by atoms with Gasteiger partial charge in [-0.15, -0.1) is 0 Å². The SMILES string of the molecule is O=C(NC(F)(F)F)c1ccc(-c2ccccc2)cc1. The van der Waals surface area contributed by atoms with Crippen LogP contribution in [0.1, 0.15) is 10.4 Å². The Kier molecular flexibility index (Phi) is 3.55. The van der Waals surface area contributed by atoms with E-state index in [1.807, 2.05) is 30.3 Å². The Morgan fingerprint density at radius 3 is 1.89 bits per heavy atom. The maximum absolute atomic E-state index is 12.0. The van der Waals surface area contributed by atoms with E-state index in [0.717, 1.165) is 16.4 Å². The first-order valence-corrected chi connectivity index (χ1v) is 5.50. The van der Waals surface area contributed by atoms with Crippen LogP contribution in [0.15, 0.2) is 54.6 Å². The van der Waals surface area contributed by atoms with E-state index in [2.05, 4.69) is 0 Å². The molecule has 2 nitrogen and oxygen atoms in total. The maximum Gasteiger partial charge on any atom is 0.484 e. The molecule has 0 aromatic heterocycles. The van der Waals surface area contributed by atoms with Crippen molar-refractivity contribution < 1.29 is 18.0 Å². The van der Waals surface area contributed by atoms with E-state index in [1.165, 1.54) is 12.1 Å². The molecule has 0 bridgehead atoms. The summed E-state index contributed by atoms with van der Waals surface area (Å²) in [5.41, 5.74) is 1.74. The van der Waals surface area contributed by atoms with E-state index < -0.39 is 12.2 Å². The molecule has 19 heavy (non-hydrogen) atoms. The molecule has 1 N–H and O–H groups in total. The first kappa shape index (κ1) is 13.1. The highest BCUT2D eigenvalue weighted by molar-refractivity contribution is 5.94. The maximum atomic E-state index is 12.0. The summed E-state index contributed by atoms with van der Waals surface area (Å²) in [5.74, 6) is -1.16. The lowest BCUT2D eigenvalue weighted by atomic mass is 10.0. The van der Waals surface area contributed by atoms with Gasteiger partial charge >= 0.3 is 6.30 Å². The molecule has 0 saturated heterocycles. The van der Waals surface area contributed by atoms with E-state index in [1.54, 1.807) is 12.1 Å². The minimum absolute atomic E-state index is 0.0305. The number of alkyl halides is 3. The highest BCUT2D eigenvalue weighted by atomic mass is 19.4.